The molecule has 1 heterocycles. The molecule has 1 rings (SSSR count). The molecule has 2 nitrogen and oxygen atoms in total. The van der Waals surface area contributed by atoms with Crippen molar-refractivity contribution in [2.24, 2.45) is 0 Å². The van der Waals surface area contributed by atoms with Crippen molar-refractivity contribution in [3.8, 4) is 5.88 Å². The van der Waals surface area contributed by atoms with Gasteiger partial charge in [0, 0.05) is 11.8 Å². The van der Waals surface area contributed by atoms with Gasteiger partial charge in [-0.1, -0.05) is 19.9 Å². The van der Waals surface area contributed by atoms with Gasteiger partial charge < -0.3 is 4.74 Å². The molecule has 0 aliphatic heterocycles. The van der Waals surface area contributed by atoms with Gasteiger partial charge in [0.2, 0.25) is 5.88 Å². The fourth-order valence-electron chi connectivity index (χ4n) is 0.754. The average molecular weight is 221 g/mol. The highest BCUT2D eigenvalue weighted by Gasteiger charge is 2.28. The monoisotopic (exact) mass is 221 g/mol. The molecule has 0 radical (unpaired) electrons. The fraction of sp³-hybridized carbons (Fsp3) is 0.500. The van der Waals surface area contributed by atoms with Crippen LogP contribution < -0.4 is 4.74 Å². The largest absolute Gasteiger partial charge is 0.468 e. The third-order valence-electron chi connectivity index (χ3n) is 1.25. The molecule has 0 aliphatic rings. The summed E-state index contributed by atoms with van der Waals surface area (Å²) in [5.74, 6) is -0.00248. The summed E-state index contributed by atoms with van der Waals surface area (Å²) in [6.45, 7) is 4.38. The second-order valence-corrected chi connectivity index (χ2v) is 2.52. The predicted molar refractivity (Wildman–Crippen MR) is 51.9 cm³/mol. The Labute approximate surface area is 87.1 Å². The number of hydrogen-bond acceptors (Lipinski definition) is 2. The lowest BCUT2D eigenvalue weighted by Crippen LogP contribution is -2.19. The van der Waals surface area contributed by atoms with E-state index in [-0.39, 0.29) is 5.88 Å². The number of halogens is 3. The highest BCUT2D eigenvalue weighted by Crippen LogP contribution is 2.16. The average Bonchev–Trinajstić information content (AvgIpc) is 2.17. The van der Waals surface area contributed by atoms with E-state index in [4.69, 9.17) is 0 Å². The number of ether oxygens (including phenoxy) is 1. The van der Waals surface area contributed by atoms with Gasteiger partial charge in [-0.3, -0.25) is 0 Å². The lowest BCUT2D eigenvalue weighted by molar-refractivity contribution is -0.154. The normalized spacial score (nSPS) is 10.3. The smallest absolute Gasteiger partial charge is 0.422 e. The van der Waals surface area contributed by atoms with Crippen molar-refractivity contribution in [2.45, 2.75) is 26.9 Å². The first-order valence-electron chi connectivity index (χ1n) is 4.60. The van der Waals surface area contributed by atoms with Crippen LogP contribution in [-0.4, -0.2) is 17.8 Å². The lowest BCUT2D eigenvalue weighted by Gasteiger charge is -2.07. The number of aryl methyl sites for hydroxylation is 1. The molecule has 0 aliphatic carbocycles. The Morgan fingerprint density at radius 2 is 1.87 bits per heavy atom. The molecule has 0 atom stereocenters. The first-order chi connectivity index (χ1) is 6.97. The van der Waals surface area contributed by atoms with Crippen LogP contribution in [0.15, 0.2) is 18.2 Å². The Balaban J connectivity index is 0.000000921. The van der Waals surface area contributed by atoms with Gasteiger partial charge in [-0.15, -0.1) is 0 Å². The van der Waals surface area contributed by atoms with E-state index in [2.05, 4.69) is 9.72 Å². The number of hydrogen-bond donors (Lipinski definition) is 0. The second-order valence-electron chi connectivity index (χ2n) is 2.52. The van der Waals surface area contributed by atoms with Crippen molar-refractivity contribution in [3.63, 3.8) is 0 Å². The van der Waals surface area contributed by atoms with E-state index in [0.29, 0.717) is 5.69 Å². The summed E-state index contributed by atoms with van der Waals surface area (Å²) < 4.78 is 39.5. The van der Waals surface area contributed by atoms with Gasteiger partial charge in [0.15, 0.2) is 6.61 Å². The molecule has 0 spiro atoms. The van der Waals surface area contributed by atoms with Crippen LogP contribution in [0, 0.1) is 6.92 Å². The summed E-state index contributed by atoms with van der Waals surface area (Å²) in [7, 11) is 0. The molecular weight excluding hydrogens is 207 g/mol. The zero-order valence-corrected chi connectivity index (χ0v) is 8.93. The Kier molecular flexibility index (Phi) is 5.74. The van der Waals surface area contributed by atoms with E-state index in [0.717, 1.165) is 0 Å². The van der Waals surface area contributed by atoms with Crippen LogP contribution in [0.5, 0.6) is 5.88 Å². The van der Waals surface area contributed by atoms with Gasteiger partial charge in [-0.2, -0.15) is 13.2 Å². The van der Waals surface area contributed by atoms with Gasteiger partial charge >= 0.3 is 6.18 Å². The highest BCUT2D eigenvalue weighted by atomic mass is 19.4. The molecule has 0 aromatic carbocycles. The molecule has 86 valence electrons. The molecule has 0 amide bonds. The maximum absolute atomic E-state index is 11.7. The molecule has 0 N–H and O–H groups in total. The van der Waals surface area contributed by atoms with Crippen LogP contribution in [-0.2, 0) is 0 Å². The minimum Gasteiger partial charge on any atom is -0.468 e. The van der Waals surface area contributed by atoms with Gasteiger partial charge in [-0.05, 0) is 13.0 Å². The molecular formula is C10H14F3NO. The fourth-order valence-corrected chi connectivity index (χ4v) is 0.754. The summed E-state index contributed by atoms with van der Waals surface area (Å²) in [4.78, 5) is 3.75. The molecule has 1 aromatic heterocycles. The number of rotatable bonds is 2. The molecule has 0 fully saturated rings. The van der Waals surface area contributed by atoms with Crippen molar-refractivity contribution < 1.29 is 17.9 Å². The molecule has 1 aromatic rings. The molecule has 0 unspecified atom stereocenters. The number of aromatic nitrogens is 1. The van der Waals surface area contributed by atoms with Crippen molar-refractivity contribution >= 4 is 0 Å². The van der Waals surface area contributed by atoms with E-state index in [1.807, 2.05) is 13.8 Å². The Hall–Kier alpha value is -1.26. The Bertz CT molecular complexity index is 286. The van der Waals surface area contributed by atoms with E-state index in [1.165, 1.54) is 6.07 Å². The van der Waals surface area contributed by atoms with Crippen molar-refractivity contribution in [1.82, 2.24) is 4.98 Å². The Morgan fingerprint density at radius 3 is 2.33 bits per heavy atom. The Morgan fingerprint density at radius 1 is 1.27 bits per heavy atom. The summed E-state index contributed by atoms with van der Waals surface area (Å²) >= 11 is 0. The molecule has 15 heavy (non-hydrogen) atoms. The van der Waals surface area contributed by atoms with Crippen molar-refractivity contribution in [3.05, 3.63) is 23.9 Å². The minimum absolute atomic E-state index is 0.00248. The third-order valence-corrected chi connectivity index (χ3v) is 1.25. The van der Waals surface area contributed by atoms with Gasteiger partial charge in [0.25, 0.3) is 0 Å². The minimum atomic E-state index is -4.31. The number of nitrogens with zero attached hydrogens (tertiary/aromatic N) is 1. The van der Waals surface area contributed by atoms with Gasteiger partial charge in [0.1, 0.15) is 0 Å². The molecule has 0 bridgehead atoms. The summed E-state index contributed by atoms with van der Waals surface area (Å²) in [5, 5.41) is 0. The number of pyridine rings is 1. The summed E-state index contributed by atoms with van der Waals surface area (Å²) in [5.41, 5.74) is 0.625. The van der Waals surface area contributed by atoms with Crippen molar-refractivity contribution in [2.75, 3.05) is 6.61 Å². The second kappa shape index (κ2) is 6.27. The van der Waals surface area contributed by atoms with E-state index in [9.17, 15) is 13.2 Å². The first kappa shape index (κ1) is 13.7. The maximum Gasteiger partial charge on any atom is 0.422 e. The maximum atomic E-state index is 11.7. The van der Waals surface area contributed by atoms with Crippen LogP contribution in [0.1, 0.15) is 19.5 Å². The number of alkyl halides is 3. The van der Waals surface area contributed by atoms with Crippen LogP contribution in [0.3, 0.4) is 0 Å². The molecule has 5 heteroatoms. The van der Waals surface area contributed by atoms with Crippen LogP contribution >= 0.6 is 0 Å². The molecule has 0 saturated heterocycles. The lowest BCUT2D eigenvalue weighted by atomic mass is 10.4. The predicted octanol–water partition coefficient (Wildman–Crippen LogP) is 3.36. The van der Waals surface area contributed by atoms with E-state index >= 15 is 0 Å². The standard InChI is InChI=1S/C8H8F3NO.C2H6/c1-6-3-2-4-7(12-6)13-5-8(9,10)11;1-2/h2-4H,5H2,1H3;1-2H3. The third kappa shape index (κ3) is 6.76. The zero-order chi connectivity index (χ0) is 11.9. The quantitative estimate of drug-likeness (QED) is 0.764. The van der Waals surface area contributed by atoms with Crippen LogP contribution in [0.4, 0.5) is 13.2 Å². The topological polar surface area (TPSA) is 22.1 Å². The molecule has 0 saturated carbocycles. The SMILES string of the molecule is CC.Cc1cccc(OCC(F)(F)F)n1. The van der Waals surface area contributed by atoms with Crippen molar-refractivity contribution in [1.29, 1.82) is 0 Å². The summed E-state index contributed by atoms with van der Waals surface area (Å²) in [6, 6.07) is 4.66. The van der Waals surface area contributed by atoms with Crippen LogP contribution in [0.2, 0.25) is 0 Å². The van der Waals surface area contributed by atoms with E-state index < -0.39 is 12.8 Å². The van der Waals surface area contributed by atoms with E-state index in [1.54, 1.807) is 19.1 Å². The van der Waals surface area contributed by atoms with Gasteiger partial charge in [-0.25, -0.2) is 4.98 Å². The van der Waals surface area contributed by atoms with Crippen LogP contribution in [0.25, 0.3) is 0 Å². The van der Waals surface area contributed by atoms with Gasteiger partial charge in [0.05, 0.1) is 0 Å². The first-order valence-corrected chi connectivity index (χ1v) is 4.60. The highest BCUT2D eigenvalue weighted by molar-refractivity contribution is 5.14. The zero-order valence-electron chi connectivity index (χ0n) is 8.93. The summed E-state index contributed by atoms with van der Waals surface area (Å²) in [6.07, 6.45) is -4.31.